The lowest BCUT2D eigenvalue weighted by Gasteiger charge is -2.07. The Morgan fingerprint density at radius 1 is 1.44 bits per heavy atom. The molecule has 0 amide bonds. The van der Waals surface area contributed by atoms with Crippen molar-refractivity contribution in [3.8, 4) is 5.75 Å². The minimum Gasteiger partial charge on any atom is -0.508 e. The first-order valence-electron chi connectivity index (χ1n) is 4.76. The van der Waals surface area contributed by atoms with Crippen molar-refractivity contribution in [2.75, 3.05) is 0 Å². The molecule has 0 aliphatic heterocycles. The molecule has 4 nitrogen and oxygen atoms in total. The second-order valence-corrected chi connectivity index (χ2v) is 3.95. The number of aliphatic hydroxyl groups excluding tert-OH is 1. The molecular weight excluding hydrogens is 224 g/mol. The van der Waals surface area contributed by atoms with Crippen LogP contribution in [0, 0.1) is 0 Å². The molecule has 1 atom stereocenters. The van der Waals surface area contributed by atoms with E-state index in [1.807, 2.05) is 0 Å². The third kappa shape index (κ3) is 1.94. The van der Waals surface area contributed by atoms with Crippen LogP contribution >= 0.6 is 12.2 Å². The van der Waals surface area contributed by atoms with Gasteiger partial charge in [0.25, 0.3) is 0 Å². The Balaban J connectivity index is 2.52. The number of thiocarbonyl (C=S) groups is 1. The highest BCUT2D eigenvalue weighted by Crippen LogP contribution is 2.20. The van der Waals surface area contributed by atoms with Crippen molar-refractivity contribution in [1.82, 2.24) is 9.97 Å². The van der Waals surface area contributed by atoms with E-state index in [4.69, 9.17) is 0 Å². The third-order valence-electron chi connectivity index (χ3n) is 2.34. The fourth-order valence-electron chi connectivity index (χ4n) is 1.35. The van der Waals surface area contributed by atoms with Crippen molar-refractivity contribution in [1.29, 1.82) is 0 Å². The van der Waals surface area contributed by atoms with Crippen LogP contribution in [0.25, 0.3) is 10.9 Å². The molecule has 2 N–H and O–H groups in total. The molecular formula is C11H10N2O2S. The summed E-state index contributed by atoms with van der Waals surface area (Å²) in [5.41, 5.74) is 0.714. The normalized spacial score (nSPS) is 12.6. The highest BCUT2D eigenvalue weighted by molar-refractivity contribution is 7.80. The number of fused-ring (bicyclic) bond motifs is 1. The lowest BCUT2D eigenvalue weighted by atomic mass is 10.1. The van der Waals surface area contributed by atoms with Crippen LogP contribution in [0.5, 0.6) is 5.75 Å². The van der Waals surface area contributed by atoms with Crippen LogP contribution in [0.4, 0.5) is 0 Å². The summed E-state index contributed by atoms with van der Waals surface area (Å²) in [4.78, 5) is 8.37. The summed E-state index contributed by atoms with van der Waals surface area (Å²) < 4.78 is 0. The maximum Gasteiger partial charge on any atom is 0.167 e. The maximum absolute atomic E-state index is 9.28. The highest BCUT2D eigenvalue weighted by atomic mass is 32.1. The van der Waals surface area contributed by atoms with Crippen molar-refractivity contribution >= 4 is 28.2 Å². The van der Waals surface area contributed by atoms with Gasteiger partial charge in [-0.15, -0.1) is 0 Å². The van der Waals surface area contributed by atoms with Gasteiger partial charge in [0.15, 0.2) is 5.05 Å². The molecule has 0 aliphatic rings. The number of hydrogen-bond donors (Lipinski definition) is 2. The number of rotatable bonds is 2. The van der Waals surface area contributed by atoms with E-state index in [0.29, 0.717) is 11.3 Å². The van der Waals surface area contributed by atoms with Crippen LogP contribution in [0.2, 0.25) is 0 Å². The SMILES string of the molecule is CC(C(O)=S)c1ncc2cc(O)ccc2n1. The van der Waals surface area contributed by atoms with Gasteiger partial charge in [0, 0.05) is 11.6 Å². The van der Waals surface area contributed by atoms with E-state index in [2.05, 4.69) is 22.2 Å². The van der Waals surface area contributed by atoms with Gasteiger partial charge in [0.1, 0.15) is 11.6 Å². The molecule has 1 aromatic heterocycles. The van der Waals surface area contributed by atoms with Crippen LogP contribution < -0.4 is 0 Å². The molecule has 0 radical (unpaired) electrons. The highest BCUT2D eigenvalue weighted by Gasteiger charge is 2.13. The number of hydrogen-bond acceptors (Lipinski definition) is 4. The molecule has 82 valence electrons. The second-order valence-electron chi connectivity index (χ2n) is 3.53. The summed E-state index contributed by atoms with van der Waals surface area (Å²) in [5.74, 6) is 0.286. The molecule has 16 heavy (non-hydrogen) atoms. The van der Waals surface area contributed by atoms with Crippen molar-refractivity contribution in [3.63, 3.8) is 0 Å². The summed E-state index contributed by atoms with van der Waals surface area (Å²) in [6.07, 6.45) is 1.60. The van der Waals surface area contributed by atoms with Crippen LogP contribution in [0.1, 0.15) is 18.7 Å². The second kappa shape index (κ2) is 4.02. The van der Waals surface area contributed by atoms with Crippen molar-refractivity contribution < 1.29 is 10.2 Å². The van der Waals surface area contributed by atoms with Gasteiger partial charge >= 0.3 is 0 Å². The molecule has 1 heterocycles. The standard InChI is InChI=1S/C11H10N2O2S/c1-6(11(15)16)10-12-5-7-4-8(14)2-3-9(7)13-10/h2-6,14H,1H3,(H,15,16). The Morgan fingerprint density at radius 2 is 2.19 bits per heavy atom. The van der Waals surface area contributed by atoms with Gasteiger partial charge in [0.2, 0.25) is 0 Å². The van der Waals surface area contributed by atoms with Crippen LogP contribution in [-0.4, -0.2) is 25.2 Å². The largest absolute Gasteiger partial charge is 0.508 e. The number of phenols is 1. The Labute approximate surface area is 97.6 Å². The zero-order chi connectivity index (χ0) is 11.7. The van der Waals surface area contributed by atoms with E-state index in [1.165, 1.54) is 0 Å². The summed E-state index contributed by atoms with van der Waals surface area (Å²) in [6.45, 7) is 1.74. The summed E-state index contributed by atoms with van der Waals surface area (Å²) in [5, 5.41) is 19.1. The smallest absolute Gasteiger partial charge is 0.167 e. The summed E-state index contributed by atoms with van der Waals surface area (Å²) >= 11 is 4.68. The first-order valence-corrected chi connectivity index (χ1v) is 5.17. The predicted octanol–water partition coefficient (Wildman–Crippen LogP) is 2.32. The first kappa shape index (κ1) is 10.8. The van der Waals surface area contributed by atoms with Crippen molar-refractivity contribution in [2.45, 2.75) is 12.8 Å². The molecule has 0 saturated carbocycles. The molecule has 0 spiro atoms. The van der Waals surface area contributed by atoms with E-state index < -0.39 is 0 Å². The van der Waals surface area contributed by atoms with Crippen LogP contribution in [-0.2, 0) is 0 Å². The molecule has 1 aromatic carbocycles. The molecule has 0 bridgehead atoms. The van der Waals surface area contributed by atoms with Gasteiger partial charge in [-0.2, -0.15) is 0 Å². The Hall–Kier alpha value is -1.75. The maximum atomic E-state index is 9.28. The molecule has 0 fully saturated rings. The van der Waals surface area contributed by atoms with Gasteiger partial charge in [-0.25, -0.2) is 9.97 Å². The van der Waals surface area contributed by atoms with Gasteiger partial charge in [-0.1, -0.05) is 0 Å². The monoisotopic (exact) mass is 234 g/mol. The van der Waals surface area contributed by atoms with Gasteiger partial charge in [-0.05, 0) is 37.3 Å². The fourth-order valence-corrected chi connectivity index (χ4v) is 1.46. The fraction of sp³-hybridized carbons (Fsp3) is 0.182. The van der Waals surface area contributed by atoms with E-state index in [1.54, 1.807) is 31.3 Å². The lowest BCUT2D eigenvalue weighted by molar-refractivity contribution is 0.476. The Bertz CT molecular complexity index is 557. The van der Waals surface area contributed by atoms with E-state index in [0.717, 1.165) is 5.39 Å². The van der Waals surface area contributed by atoms with Crippen molar-refractivity contribution in [2.24, 2.45) is 0 Å². The van der Waals surface area contributed by atoms with Crippen LogP contribution in [0.15, 0.2) is 24.4 Å². The average molecular weight is 234 g/mol. The lowest BCUT2D eigenvalue weighted by Crippen LogP contribution is -2.09. The van der Waals surface area contributed by atoms with Gasteiger partial charge in [0.05, 0.1) is 11.4 Å². The number of benzene rings is 1. The van der Waals surface area contributed by atoms with E-state index >= 15 is 0 Å². The van der Waals surface area contributed by atoms with E-state index in [-0.39, 0.29) is 16.7 Å². The molecule has 0 saturated heterocycles. The number of aromatic hydroxyl groups is 1. The first-order chi connectivity index (χ1) is 7.58. The minimum atomic E-state index is -0.367. The molecule has 2 aromatic rings. The molecule has 0 aliphatic carbocycles. The topological polar surface area (TPSA) is 66.2 Å². The predicted molar refractivity (Wildman–Crippen MR) is 64.8 cm³/mol. The quantitative estimate of drug-likeness (QED) is 0.781. The number of phenolic OH excluding ortho intramolecular Hbond substituents is 1. The molecule has 2 rings (SSSR count). The summed E-state index contributed by atoms with van der Waals surface area (Å²) in [7, 11) is 0. The average Bonchev–Trinajstić information content (AvgIpc) is 2.27. The number of aromatic nitrogens is 2. The zero-order valence-corrected chi connectivity index (χ0v) is 9.40. The Kier molecular flexibility index (Phi) is 2.70. The zero-order valence-electron chi connectivity index (χ0n) is 8.58. The van der Waals surface area contributed by atoms with Crippen molar-refractivity contribution in [3.05, 3.63) is 30.2 Å². The van der Waals surface area contributed by atoms with Gasteiger partial charge in [-0.3, -0.25) is 0 Å². The Morgan fingerprint density at radius 3 is 2.88 bits per heavy atom. The van der Waals surface area contributed by atoms with Gasteiger partial charge < -0.3 is 10.2 Å². The summed E-state index contributed by atoms with van der Waals surface area (Å²) in [6, 6.07) is 4.84. The molecule has 1 unspecified atom stereocenters. The third-order valence-corrected chi connectivity index (χ3v) is 2.69. The van der Waals surface area contributed by atoms with E-state index in [9.17, 15) is 10.2 Å². The molecule has 5 heteroatoms. The number of nitrogens with zero attached hydrogens (tertiary/aromatic N) is 2. The van der Waals surface area contributed by atoms with Crippen LogP contribution in [0.3, 0.4) is 0 Å². The number of aliphatic hydroxyl groups is 1. The minimum absolute atomic E-state index is 0.127.